The largest absolute Gasteiger partial charge is 0.497 e. The molecule has 0 atom stereocenters. The first kappa shape index (κ1) is 18.7. The van der Waals surface area contributed by atoms with E-state index < -0.39 is 11.9 Å². The lowest BCUT2D eigenvalue weighted by Crippen LogP contribution is -1.98. The van der Waals surface area contributed by atoms with Crippen molar-refractivity contribution in [3.63, 3.8) is 0 Å². The van der Waals surface area contributed by atoms with Crippen LogP contribution in [0.4, 0.5) is 0 Å². The van der Waals surface area contributed by atoms with Gasteiger partial charge in [0.05, 0.1) is 7.11 Å². The van der Waals surface area contributed by atoms with E-state index >= 15 is 0 Å². The minimum Gasteiger partial charge on any atom is -0.497 e. The summed E-state index contributed by atoms with van der Waals surface area (Å²) in [6.45, 7) is 3.66. The summed E-state index contributed by atoms with van der Waals surface area (Å²) < 4.78 is 5.01. The molecular formula is C16H22O5. The molecule has 1 rings (SSSR count). The number of methoxy groups -OCH3 is 1. The van der Waals surface area contributed by atoms with Gasteiger partial charge in [-0.1, -0.05) is 26.0 Å². The molecule has 2 N–H and O–H groups in total. The molecule has 0 spiro atoms. The summed E-state index contributed by atoms with van der Waals surface area (Å²) in [6, 6.07) is 7.27. The van der Waals surface area contributed by atoms with Crippen molar-refractivity contribution in [1.82, 2.24) is 0 Å². The van der Waals surface area contributed by atoms with Gasteiger partial charge < -0.3 is 14.9 Å². The number of hydrogen-bond donors (Lipinski definition) is 2. The zero-order valence-corrected chi connectivity index (χ0v) is 12.6. The molecule has 0 bridgehead atoms. The van der Waals surface area contributed by atoms with Crippen LogP contribution in [-0.4, -0.2) is 29.3 Å². The molecule has 1 aromatic carbocycles. The van der Waals surface area contributed by atoms with Crippen molar-refractivity contribution in [2.75, 3.05) is 7.11 Å². The zero-order chi connectivity index (χ0) is 16.3. The Hall–Kier alpha value is -2.30. The summed E-state index contributed by atoms with van der Waals surface area (Å²) in [4.78, 5) is 20.4. The van der Waals surface area contributed by atoms with Gasteiger partial charge in [-0.2, -0.15) is 0 Å². The maximum Gasteiger partial charge on any atom is 0.331 e. The third-order valence-electron chi connectivity index (χ3n) is 2.58. The van der Waals surface area contributed by atoms with Gasteiger partial charge in [0.15, 0.2) is 0 Å². The van der Waals surface area contributed by atoms with Crippen molar-refractivity contribution >= 4 is 18.0 Å². The van der Waals surface area contributed by atoms with Crippen molar-refractivity contribution in [3.8, 4) is 5.75 Å². The number of ether oxygens (including phenoxy) is 1. The maximum absolute atomic E-state index is 10.8. The number of rotatable bonds is 6. The molecule has 0 saturated heterocycles. The fourth-order valence-corrected chi connectivity index (χ4v) is 1.43. The second kappa shape index (κ2) is 10.5. The Kier molecular flexibility index (Phi) is 9.33. The van der Waals surface area contributed by atoms with E-state index in [0.717, 1.165) is 17.7 Å². The Bertz CT molecular complexity index is 474. The van der Waals surface area contributed by atoms with Crippen LogP contribution in [0.15, 0.2) is 29.8 Å². The Morgan fingerprint density at radius 3 is 2.00 bits per heavy atom. The topological polar surface area (TPSA) is 83.8 Å². The van der Waals surface area contributed by atoms with E-state index in [1.54, 1.807) is 25.3 Å². The van der Waals surface area contributed by atoms with Crippen LogP contribution in [0.2, 0.25) is 0 Å². The molecule has 0 saturated carbocycles. The summed E-state index contributed by atoms with van der Waals surface area (Å²) in [7, 11) is 1.60. The Morgan fingerprint density at radius 2 is 1.71 bits per heavy atom. The van der Waals surface area contributed by atoms with E-state index in [4.69, 9.17) is 14.9 Å². The molecule has 5 nitrogen and oxygen atoms in total. The Balaban J connectivity index is 0.000000567. The van der Waals surface area contributed by atoms with Crippen LogP contribution in [0, 0.1) is 0 Å². The van der Waals surface area contributed by atoms with E-state index in [9.17, 15) is 9.59 Å². The smallest absolute Gasteiger partial charge is 0.331 e. The molecule has 1 aromatic rings. The molecule has 0 aliphatic carbocycles. The number of benzene rings is 1. The predicted molar refractivity (Wildman–Crippen MR) is 81.4 cm³/mol. The van der Waals surface area contributed by atoms with Gasteiger partial charge in [0.2, 0.25) is 0 Å². The molecular weight excluding hydrogens is 272 g/mol. The summed E-state index contributed by atoms with van der Waals surface area (Å²) in [5.41, 5.74) is 1.27. The van der Waals surface area contributed by atoms with Crippen molar-refractivity contribution in [1.29, 1.82) is 0 Å². The fraction of sp³-hybridized carbons (Fsp3) is 0.375. The molecule has 21 heavy (non-hydrogen) atoms. The van der Waals surface area contributed by atoms with E-state index in [2.05, 4.69) is 0 Å². The van der Waals surface area contributed by atoms with Gasteiger partial charge in [-0.3, -0.25) is 4.79 Å². The van der Waals surface area contributed by atoms with E-state index in [1.807, 2.05) is 26.0 Å². The number of carboxylic acids is 2. The molecule has 0 radical (unpaired) electrons. The van der Waals surface area contributed by atoms with Gasteiger partial charge in [-0.15, -0.1) is 0 Å². The molecule has 0 heterocycles. The van der Waals surface area contributed by atoms with E-state index in [0.29, 0.717) is 18.4 Å². The SMILES string of the molecule is CC/C(=C/c1ccc(OC)cc1)C(=O)O.CCCC(=O)O. The lowest BCUT2D eigenvalue weighted by Gasteiger charge is -2.01. The number of carbonyl (C=O) groups is 2. The third-order valence-corrected chi connectivity index (χ3v) is 2.58. The number of aliphatic carboxylic acids is 2. The van der Waals surface area contributed by atoms with E-state index in [1.165, 1.54) is 0 Å². The highest BCUT2D eigenvalue weighted by molar-refractivity contribution is 5.92. The summed E-state index contributed by atoms with van der Waals surface area (Å²) in [5.74, 6) is -0.814. The second-order valence-corrected chi connectivity index (χ2v) is 4.25. The molecule has 0 amide bonds. The van der Waals surface area contributed by atoms with Gasteiger partial charge >= 0.3 is 11.9 Å². The van der Waals surface area contributed by atoms with Crippen molar-refractivity contribution < 1.29 is 24.5 Å². The van der Waals surface area contributed by atoms with Crippen LogP contribution < -0.4 is 4.74 Å². The predicted octanol–water partition coefficient (Wildman–Crippen LogP) is 3.44. The lowest BCUT2D eigenvalue weighted by atomic mass is 10.1. The van der Waals surface area contributed by atoms with Crippen LogP contribution in [0.1, 0.15) is 38.7 Å². The van der Waals surface area contributed by atoms with Crippen molar-refractivity contribution in [2.24, 2.45) is 0 Å². The maximum atomic E-state index is 10.8. The molecule has 0 aromatic heterocycles. The van der Waals surface area contributed by atoms with Crippen LogP contribution in [0.25, 0.3) is 6.08 Å². The fourth-order valence-electron chi connectivity index (χ4n) is 1.43. The molecule has 0 unspecified atom stereocenters. The summed E-state index contributed by atoms with van der Waals surface area (Å²) >= 11 is 0. The van der Waals surface area contributed by atoms with Gasteiger partial charge in [-0.25, -0.2) is 4.79 Å². The van der Waals surface area contributed by atoms with Crippen LogP contribution in [0.3, 0.4) is 0 Å². The first-order valence-electron chi connectivity index (χ1n) is 6.74. The van der Waals surface area contributed by atoms with Crippen molar-refractivity contribution in [2.45, 2.75) is 33.1 Å². The standard InChI is InChI=1S/C12H14O3.C4H8O2/c1-3-10(12(13)14)8-9-4-6-11(15-2)7-5-9;1-2-3-4(5)6/h4-8H,3H2,1-2H3,(H,13,14);2-3H2,1H3,(H,5,6)/b10-8-;. The zero-order valence-electron chi connectivity index (χ0n) is 12.6. The van der Waals surface area contributed by atoms with Crippen LogP contribution in [0.5, 0.6) is 5.75 Å². The Morgan fingerprint density at radius 1 is 1.14 bits per heavy atom. The minimum absolute atomic E-state index is 0.292. The minimum atomic E-state index is -0.867. The lowest BCUT2D eigenvalue weighted by molar-refractivity contribution is -0.137. The average Bonchev–Trinajstić information content (AvgIpc) is 2.45. The van der Waals surface area contributed by atoms with Gasteiger partial charge in [0.25, 0.3) is 0 Å². The number of hydrogen-bond acceptors (Lipinski definition) is 3. The Labute approximate surface area is 124 Å². The highest BCUT2D eigenvalue weighted by Gasteiger charge is 2.03. The highest BCUT2D eigenvalue weighted by Crippen LogP contribution is 2.15. The first-order valence-corrected chi connectivity index (χ1v) is 6.74. The van der Waals surface area contributed by atoms with E-state index in [-0.39, 0.29) is 0 Å². The molecule has 0 fully saturated rings. The van der Waals surface area contributed by atoms with Crippen LogP contribution in [-0.2, 0) is 9.59 Å². The second-order valence-electron chi connectivity index (χ2n) is 4.25. The van der Waals surface area contributed by atoms with Crippen molar-refractivity contribution in [3.05, 3.63) is 35.4 Å². The molecule has 5 heteroatoms. The van der Waals surface area contributed by atoms with Gasteiger partial charge in [0, 0.05) is 12.0 Å². The molecule has 116 valence electrons. The first-order chi connectivity index (χ1) is 9.94. The normalized spacial score (nSPS) is 10.3. The molecule has 0 aliphatic heterocycles. The monoisotopic (exact) mass is 294 g/mol. The third kappa shape index (κ3) is 8.47. The highest BCUT2D eigenvalue weighted by atomic mass is 16.5. The van der Waals surface area contributed by atoms with Gasteiger partial charge in [0.1, 0.15) is 5.75 Å². The summed E-state index contributed by atoms with van der Waals surface area (Å²) in [6.07, 6.45) is 3.21. The molecule has 0 aliphatic rings. The van der Waals surface area contributed by atoms with Crippen LogP contribution >= 0.6 is 0 Å². The quantitative estimate of drug-likeness (QED) is 0.785. The average molecular weight is 294 g/mol. The van der Waals surface area contributed by atoms with Gasteiger partial charge in [-0.05, 0) is 36.6 Å². The summed E-state index contributed by atoms with van der Waals surface area (Å²) in [5, 5.41) is 16.8. The number of carboxylic acid groups (broad SMARTS) is 2.